The van der Waals surface area contributed by atoms with Crippen LogP contribution in [0.3, 0.4) is 0 Å². The van der Waals surface area contributed by atoms with Crippen LogP contribution in [0.25, 0.3) is 0 Å². The van der Waals surface area contributed by atoms with Crippen LogP contribution in [0.1, 0.15) is 37.0 Å². The van der Waals surface area contributed by atoms with Gasteiger partial charge in [0.25, 0.3) is 5.91 Å². The lowest BCUT2D eigenvalue weighted by Gasteiger charge is -2.35. The predicted octanol–water partition coefficient (Wildman–Crippen LogP) is 2.33. The molecule has 2 rings (SSSR count). The van der Waals surface area contributed by atoms with Gasteiger partial charge in [0.05, 0.1) is 0 Å². The summed E-state index contributed by atoms with van der Waals surface area (Å²) in [6, 6.07) is 8.86. The van der Waals surface area contributed by atoms with E-state index >= 15 is 0 Å². The number of amides is 1. The van der Waals surface area contributed by atoms with Crippen molar-refractivity contribution in [3.8, 4) is 0 Å². The first-order chi connectivity index (χ1) is 9.60. The lowest BCUT2D eigenvalue weighted by molar-refractivity contribution is 0.0956. The molecule has 1 aromatic carbocycles. The van der Waals surface area contributed by atoms with E-state index in [2.05, 4.69) is 29.5 Å². The van der Waals surface area contributed by atoms with E-state index in [0.29, 0.717) is 18.6 Å². The minimum absolute atomic E-state index is 0.00658. The molecule has 1 aliphatic heterocycles. The van der Waals surface area contributed by atoms with Crippen molar-refractivity contribution in [1.82, 2.24) is 10.2 Å². The second-order valence-corrected chi connectivity index (χ2v) is 5.64. The van der Waals surface area contributed by atoms with Gasteiger partial charge in [-0.1, -0.05) is 6.07 Å². The van der Waals surface area contributed by atoms with Crippen LogP contribution in [-0.4, -0.2) is 43.0 Å². The molecule has 0 aromatic heterocycles. The summed E-state index contributed by atoms with van der Waals surface area (Å²) < 4.78 is 0. The number of anilines is 1. The number of piperidine rings is 1. The monoisotopic (exact) mass is 275 g/mol. The van der Waals surface area contributed by atoms with Crippen LogP contribution in [0, 0.1) is 0 Å². The molecule has 0 aliphatic carbocycles. The third-order valence-corrected chi connectivity index (χ3v) is 4.04. The van der Waals surface area contributed by atoms with Crippen LogP contribution in [0.5, 0.6) is 0 Å². The van der Waals surface area contributed by atoms with Gasteiger partial charge in [0.1, 0.15) is 0 Å². The van der Waals surface area contributed by atoms with Gasteiger partial charge >= 0.3 is 0 Å². The number of nitrogens with one attached hydrogen (secondary N) is 2. The summed E-state index contributed by atoms with van der Waals surface area (Å²) in [5.74, 6) is -0.00658. The van der Waals surface area contributed by atoms with E-state index < -0.39 is 0 Å². The fourth-order valence-electron chi connectivity index (χ4n) is 2.67. The van der Waals surface area contributed by atoms with Gasteiger partial charge in [-0.15, -0.1) is 0 Å². The Labute approximate surface area is 121 Å². The number of benzene rings is 1. The molecule has 0 spiro atoms. The van der Waals surface area contributed by atoms with Gasteiger partial charge in [-0.3, -0.25) is 4.79 Å². The first-order valence-corrected chi connectivity index (χ1v) is 7.45. The molecular weight excluding hydrogens is 250 g/mol. The molecule has 0 radical (unpaired) electrons. The topological polar surface area (TPSA) is 44.4 Å². The Bertz CT molecular complexity index is 461. The number of carbonyl (C=O) groups excluding carboxylic acids is 1. The van der Waals surface area contributed by atoms with Gasteiger partial charge in [-0.2, -0.15) is 0 Å². The molecule has 2 unspecified atom stereocenters. The van der Waals surface area contributed by atoms with Crippen molar-refractivity contribution in [3.63, 3.8) is 0 Å². The summed E-state index contributed by atoms with van der Waals surface area (Å²) in [6.45, 7) is 5.97. The fourth-order valence-corrected chi connectivity index (χ4v) is 2.67. The van der Waals surface area contributed by atoms with Crippen molar-refractivity contribution in [2.45, 2.75) is 38.8 Å². The standard InChI is InChI=1S/C16H25N3O/c1-4-17-16(20)13-6-5-7-14(11-13)18-15-8-9-19(3)12(2)10-15/h5-7,11-12,15,18H,4,8-10H2,1-3H3,(H,17,20). The highest BCUT2D eigenvalue weighted by Gasteiger charge is 2.22. The first kappa shape index (κ1) is 14.9. The largest absolute Gasteiger partial charge is 0.382 e. The molecule has 1 aliphatic rings. The molecule has 1 aromatic rings. The molecule has 4 nitrogen and oxygen atoms in total. The maximum Gasteiger partial charge on any atom is 0.251 e. The molecule has 0 bridgehead atoms. The van der Waals surface area contributed by atoms with Crippen molar-refractivity contribution >= 4 is 11.6 Å². The van der Waals surface area contributed by atoms with E-state index in [-0.39, 0.29) is 5.91 Å². The van der Waals surface area contributed by atoms with Gasteiger partial charge in [0.15, 0.2) is 0 Å². The van der Waals surface area contributed by atoms with E-state index in [1.807, 2.05) is 31.2 Å². The number of nitrogens with zero attached hydrogens (tertiary/aromatic N) is 1. The highest BCUT2D eigenvalue weighted by molar-refractivity contribution is 5.95. The van der Waals surface area contributed by atoms with E-state index in [0.717, 1.165) is 30.6 Å². The van der Waals surface area contributed by atoms with Gasteiger partial charge < -0.3 is 15.5 Å². The molecule has 4 heteroatoms. The molecule has 1 heterocycles. The van der Waals surface area contributed by atoms with Gasteiger partial charge in [0, 0.05) is 36.4 Å². The average molecular weight is 275 g/mol. The predicted molar refractivity (Wildman–Crippen MR) is 83.2 cm³/mol. The molecule has 2 atom stereocenters. The first-order valence-electron chi connectivity index (χ1n) is 7.45. The zero-order valence-electron chi connectivity index (χ0n) is 12.6. The molecule has 2 N–H and O–H groups in total. The highest BCUT2D eigenvalue weighted by Crippen LogP contribution is 2.20. The molecule has 0 saturated carbocycles. The zero-order valence-corrected chi connectivity index (χ0v) is 12.6. The Balaban J connectivity index is 1.99. The van der Waals surface area contributed by atoms with Crippen molar-refractivity contribution in [2.24, 2.45) is 0 Å². The number of carbonyl (C=O) groups is 1. The minimum atomic E-state index is -0.00658. The number of rotatable bonds is 4. The second kappa shape index (κ2) is 6.75. The quantitative estimate of drug-likeness (QED) is 0.886. The highest BCUT2D eigenvalue weighted by atomic mass is 16.1. The molecule has 1 saturated heterocycles. The number of likely N-dealkylation sites (tertiary alicyclic amines) is 1. The number of hydrogen-bond donors (Lipinski definition) is 2. The van der Waals surface area contributed by atoms with Crippen molar-refractivity contribution in [2.75, 3.05) is 25.5 Å². The lowest BCUT2D eigenvalue weighted by Crippen LogP contribution is -2.42. The van der Waals surface area contributed by atoms with Crippen molar-refractivity contribution in [3.05, 3.63) is 29.8 Å². The molecule has 1 amide bonds. The smallest absolute Gasteiger partial charge is 0.251 e. The summed E-state index contributed by atoms with van der Waals surface area (Å²) in [4.78, 5) is 14.2. The Morgan fingerprint density at radius 1 is 1.45 bits per heavy atom. The maximum atomic E-state index is 11.8. The molecule has 20 heavy (non-hydrogen) atoms. The van der Waals surface area contributed by atoms with E-state index in [9.17, 15) is 4.79 Å². The van der Waals surface area contributed by atoms with E-state index in [1.165, 1.54) is 0 Å². The Morgan fingerprint density at radius 2 is 2.25 bits per heavy atom. The van der Waals surface area contributed by atoms with E-state index in [1.54, 1.807) is 0 Å². The van der Waals surface area contributed by atoms with Crippen LogP contribution in [-0.2, 0) is 0 Å². The van der Waals surface area contributed by atoms with Crippen LogP contribution in [0.2, 0.25) is 0 Å². The van der Waals surface area contributed by atoms with Crippen LogP contribution >= 0.6 is 0 Å². The summed E-state index contributed by atoms with van der Waals surface area (Å²) >= 11 is 0. The van der Waals surface area contributed by atoms with Crippen LogP contribution < -0.4 is 10.6 Å². The van der Waals surface area contributed by atoms with E-state index in [4.69, 9.17) is 0 Å². The Hall–Kier alpha value is -1.55. The molecule has 1 fully saturated rings. The number of hydrogen-bond acceptors (Lipinski definition) is 3. The fraction of sp³-hybridized carbons (Fsp3) is 0.562. The van der Waals surface area contributed by atoms with Gasteiger partial charge in [0.2, 0.25) is 0 Å². The maximum absolute atomic E-state index is 11.8. The van der Waals surface area contributed by atoms with Crippen LogP contribution in [0.15, 0.2) is 24.3 Å². The Morgan fingerprint density at radius 3 is 2.95 bits per heavy atom. The summed E-state index contributed by atoms with van der Waals surface area (Å²) in [5, 5.41) is 6.39. The molecular formula is C16H25N3O. The van der Waals surface area contributed by atoms with Crippen LogP contribution in [0.4, 0.5) is 5.69 Å². The second-order valence-electron chi connectivity index (χ2n) is 5.64. The normalized spacial score (nSPS) is 23.4. The van der Waals surface area contributed by atoms with Gasteiger partial charge in [-0.25, -0.2) is 0 Å². The minimum Gasteiger partial charge on any atom is -0.382 e. The van der Waals surface area contributed by atoms with Crippen molar-refractivity contribution in [1.29, 1.82) is 0 Å². The zero-order chi connectivity index (χ0) is 14.5. The summed E-state index contributed by atoms with van der Waals surface area (Å²) in [6.07, 6.45) is 2.29. The molecule has 110 valence electrons. The van der Waals surface area contributed by atoms with Crippen molar-refractivity contribution < 1.29 is 4.79 Å². The average Bonchev–Trinajstić information content (AvgIpc) is 2.43. The third kappa shape index (κ3) is 3.73. The summed E-state index contributed by atoms with van der Waals surface area (Å²) in [7, 11) is 2.18. The summed E-state index contributed by atoms with van der Waals surface area (Å²) in [5.41, 5.74) is 1.76. The SMILES string of the molecule is CCNC(=O)c1cccc(NC2CCN(C)C(C)C2)c1. The third-order valence-electron chi connectivity index (χ3n) is 4.04. The lowest BCUT2D eigenvalue weighted by atomic mass is 9.98. The van der Waals surface area contributed by atoms with Gasteiger partial charge in [-0.05, 0) is 51.9 Å². The Kier molecular flexibility index (Phi) is 5.01.